The lowest BCUT2D eigenvalue weighted by atomic mass is 9.84. The molecule has 116 valence electrons. The number of hydrogen-bond donors (Lipinski definition) is 4. The van der Waals surface area contributed by atoms with E-state index in [4.69, 9.17) is 10.8 Å². The van der Waals surface area contributed by atoms with E-state index >= 15 is 0 Å². The maximum absolute atomic E-state index is 11.7. The summed E-state index contributed by atoms with van der Waals surface area (Å²) in [6.07, 6.45) is -0.0346. The van der Waals surface area contributed by atoms with Gasteiger partial charge in [-0.15, -0.1) is 0 Å². The van der Waals surface area contributed by atoms with Crippen LogP contribution in [0.4, 0.5) is 11.4 Å². The average Bonchev–Trinajstić information content (AvgIpc) is 2.37. The van der Waals surface area contributed by atoms with E-state index in [1.165, 1.54) is 0 Å². The third kappa shape index (κ3) is 4.66. The van der Waals surface area contributed by atoms with Crippen molar-refractivity contribution in [3.05, 3.63) is 23.8 Å². The monoisotopic (exact) mass is 293 g/mol. The quantitative estimate of drug-likeness (QED) is 0.621. The summed E-state index contributed by atoms with van der Waals surface area (Å²) in [5.41, 5.74) is 7.15. The highest BCUT2D eigenvalue weighted by Crippen LogP contribution is 2.29. The molecule has 5 N–H and O–H groups in total. The molecule has 6 heteroatoms. The molecule has 1 atom stereocenters. The minimum atomic E-state index is -0.886. The van der Waals surface area contributed by atoms with Gasteiger partial charge >= 0.3 is 5.97 Å². The normalized spacial score (nSPS) is 12.6. The van der Waals surface area contributed by atoms with Gasteiger partial charge in [-0.1, -0.05) is 20.8 Å². The van der Waals surface area contributed by atoms with Gasteiger partial charge in [-0.25, -0.2) is 0 Å². The summed E-state index contributed by atoms with van der Waals surface area (Å²) in [5.74, 6) is -1.10. The van der Waals surface area contributed by atoms with Gasteiger partial charge in [0.25, 0.3) is 5.91 Å². The Morgan fingerprint density at radius 1 is 1.33 bits per heavy atom. The summed E-state index contributed by atoms with van der Waals surface area (Å²) in [4.78, 5) is 22.7. The predicted molar refractivity (Wildman–Crippen MR) is 83.4 cm³/mol. The molecule has 1 amide bonds. The van der Waals surface area contributed by atoms with Crippen LogP contribution in [0.5, 0.6) is 0 Å². The molecular formula is C15H23N3O3. The van der Waals surface area contributed by atoms with Gasteiger partial charge in [-0.05, 0) is 23.6 Å². The first kappa shape index (κ1) is 16.8. The van der Waals surface area contributed by atoms with Crippen molar-refractivity contribution in [2.45, 2.75) is 33.2 Å². The molecule has 0 aliphatic heterocycles. The molecule has 0 heterocycles. The number of amides is 1. The molecule has 0 unspecified atom stereocenters. The maximum atomic E-state index is 11.7. The van der Waals surface area contributed by atoms with Gasteiger partial charge in [-0.2, -0.15) is 0 Å². The Morgan fingerprint density at radius 3 is 2.43 bits per heavy atom. The van der Waals surface area contributed by atoms with Gasteiger partial charge in [0, 0.05) is 18.7 Å². The van der Waals surface area contributed by atoms with Crippen LogP contribution < -0.4 is 16.4 Å². The Kier molecular flexibility index (Phi) is 5.18. The molecular weight excluding hydrogens is 270 g/mol. The van der Waals surface area contributed by atoms with Gasteiger partial charge in [-0.3, -0.25) is 9.59 Å². The van der Waals surface area contributed by atoms with E-state index in [1.807, 2.05) is 20.8 Å². The van der Waals surface area contributed by atoms with Crippen molar-refractivity contribution in [1.29, 1.82) is 0 Å². The van der Waals surface area contributed by atoms with E-state index in [0.29, 0.717) is 16.9 Å². The summed E-state index contributed by atoms with van der Waals surface area (Å²) in [6, 6.07) is 4.59. The van der Waals surface area contributed by atoms with Crippen molar-refractivity contribution in [2.75, 3.05) is 18.1 Å². The average molecular weight is 293 g/mol. The Bertz CT molecular complexity index is 535. The van der Waals surface area contributed by atoms with E-state index in [9.17, 15) is 9.59 Å². The van der Waals surface area contributed by atoms with Gasteiger partial charge in [0.2, 0.25) is 0 Å². The number of nitrogens with one attached hydrogen (secondary N) is 2. The van der Waals surface area contributed by atoms with E-state index in [2.05, 4.69) is 10.6 Å². The smallest absolute Gasteiger partial charge is 0.305 e. The Hall–Kier alpha value is -2.24. The lowest BCUT2D eigenvalue weighted by molar-refractivity contribution is -0.137. The van der Waals surface area contributed by atoms with Crippen molar-refractivity contribution in [3.63, 3.8) is 0 Å². The lowest BCUT2D eigenvalue weighted by Crippen LogP contribution is -2.36. The Balaban J connectivity index is 3.08. The molecule has 21 heavy (non-hydrogen) atoms. The third-order valence-corrected chi connectivity index (χ3v) is 3.30. The molecule has 0 spiro atoms. The summed E-state index contributed by atoms with van der Waals surface area (Å²) in [6.45, 7) is 5.85. The minimum Gasteiger partial charge on any atom is -0.481 e. The van der Waals surface area contributed by atoms with Crippen molar-refractivity contribution in [2.24, 2.45) is 5.41 Å². The van der Waals surface area contributed by atoms with Crippen LogP contribution in [0.25, 0.3) is 0 Å². The highest BCUT2D eigenvalue weighted by Gasteiger charge is 2.27. The highest BCUT2D eigenvalue weighted by molar-refractivity contribution is 5.96. The zero-order valence-electron chi connectivity index (χ0n) is 12.9. The van der Waals surface area contributed by atoms with E-state index < -0.39 is 5.97 Å². The first-order valence-electron chi connectivity index (χ1n) is 6.75. The molecule has 0 saturated carbocycles. The van der Waals surface area contributed by atoms with E-state index in [1.54, 1.807) is 25.2 Å². The molecule has 6 nitrogen and oxygen atoms in total. The lowest BCUT2D eigenvalue weighted by Gasteiger charge is -2.31. The number of benzene rings is 1. The molecule has 0 fully saturated rings. The van der Waals surface area contributed by atoms with Crippen molar-refractivity contribution in [3.8, 4) is 0 Å². The number of aliphatic carboxylic acids is 1. The zero-order chi connectivity index (χ0) is 16.2. The third-order valence-electron chi connectivity index (χ3n) is 3.30. The molecule has 1 aromatic carbocycles. The van der Waals surface area contributed by atoms with Crippen molar-refractivity contribution in [1.82, 2.24) is 5.32 Å². The number of rotatable bonds is 5. The number of carbonyl (C=O) groups excluding carboxylic acids is 1. The summed E-state index contributed by atoms with van der Waals surface area (Å²) in [7, 11) is 1.55. The molecule has 0 aliphatic carbocycles. The van der Waals surface area contributed by atoms with Gasteiger partial charge in [0.05, 0.1) is 17.8 Å². The summed E-state index contributed by atoms with van der Waals surface area (Å²) >= 11 is 0. The molecule has 0 saturated heterocycles. The largest absolute Gasteiger partial charge is 0.481 e. The molecule has 0 bridgehead atoms. The number of carboxylic acids is 1. The minimum absolute atomic E-state index is 0.0346. The van der Waals surface area contributed by atoms with Crippen molar-refractivity contribution < 1.29 is 14.7 Å². The molecule has 0 radical (unpaired) electrons. The Morgan fingerprint density at radius 2 is 1.95 bits per heavy atom. The van der Waals surface area contributed by atoms with Crippen LogP contribution in [-0.4, -0.2) is 30.1 Å². The summed E-state index contributed by atoms with van der Waals surface area (Å²) < 4.78 is 0. The predicted octanol–water partition coefficient (Wildman–Crippen LogP) is 1.93. The summed E-state index contributed by atoms with van der Waals surface area (Å²) in [5, 5.41) is 14.7. The number of anilines is 2. The Labute approximate surface area is 124 Å². The second kappa shape index (κ2) is 6.47. The van der Waals surface area contributed by atoms with Crippen LogP contribution in [0.2, 0.25) is 0 Å². The molecule has 1 rings (SSSR count). The second-order valence-corrected chi connectivity index (χ2v) is 6.04. The van der Waals surface area contributed by atoms with Crippen LogP contribution in [-0.2, 0) is 4.79 Å². The van der Waals surface area contributed by atoms with Crippen LogP contribution in [0, 0.1) is 5.41 Å². The SMILES string of the molecule is CNC(=O)c1ccc(N)c(N[C@@H](CC(=O)O)C(C)(C)C)c1. The topological polar surface area (TPSA) is 104 Å². The van der Waals surface area contributed by atoms with E-state index in [-0.39, 0.29) is 23.8 Å². The maximum Gasteiger partial charge on any atom is 0.305 e. The van der Waals surface area contributed by atoms with E-state index in [0.717, 1.165) is 0 Å². The number of carbonyl (C=O) groups is 2. The van der Waals surface area contributed by atoms with Crippen LogP contribution in [0.15, 0.2) is 18.2 Å². The molecule has 0 aliphatic rings. The first-order valence-corrected chi connectivity index (χ1v) is 6.75. The second-order valence-electron chi connectivity index (χ2n) is 6.04. The number of hydrogen-bond acceptors (Lipinski definition) is 4. The van der Waals surface area contributed by atoms with Gasteiger partial charge < -0.3 is 21.5 Å². The fraction of sp³-hybridized carbons (Fsp3) is 0.467. The molecule has 1 aromatic rings. The van der Waals surface area contributed by atoms with Crippen LogP contribution in [0.1, 0.15) is 37.6 Å². The fourth-order valence-corrected chi connectivity index (χ4v) is 1.90. The van der Waals surface area contributed by atoms with Crippen LogP contribution in [0.3, 0.4) is 0 Å². The molecule has 0 aromatic heterocycles. The highest BCUT2D eigenvalue weighted by atomic mass is 16.4. The first-order chi connectivity index (χ1) is 9.65. The number of nitrogen functional groups attached to an aromatic ring is 1. The zero-order valence-corrected chi connectivity index (χ0v) is 12.9. The van der Waals surface area contributed by atoms with Gasteiger partial charge in [0.15, 0.2) is 0 Å². The fourth-order valence-electron chi connectivity index (χ4n) is 1.90. The van der Waals surface area contributed by atoms with Gasteiger partial charge in [0.1, 0.15) is 0 Å². The number of nitrogens with two attached hydrogens (primary N) is 1. The van der Waals surface area contributed by atoms with Crippen molar-refractivity contribution >= 4 is 23.3 Å². The number of carboxylic acid groups (broad SMARTS) is 1. The standard InChI is InChI=1S/C15H23N3O3/c1-15(2,3)12(8-13(19)20)18-11-7-9(14(21)17-4)5-6-10(11)16/h5-7,12,18H,8,16H2,1-4H3,(H,17,21)(H,19,20)/t12-/m0/s1. The van der Waals surface area contributed by atoms with Crippen LogP contribution >= 0.6 is 0 Å².